The summed E-state index contributed by atoms with van der Waals surface area (Å²) in [6, 6.07) is 4.49. The van der Waals surface area contributed by atoms with Gasteiger partial charge in [0.05, 0.1) is 6.20 Å². The van der Waals surface area contributed by atoms with Gasteiger partial charge in [0.1, 0.15) is 18.2 Å². The van der Waals surface area contributed by atoms with Gasteiger partial charge in [-0.05, 0) is 23.8 Å². The maximum atomic E-state index is 14.5. The van der Waals surface area contributed by atoms with Crippen molar-refractivity contribution in [2.45, 2.75) is 26.0 Å². The van der Waals surface area contributed by atoms with Gasteiger partial charge in [-0.1, -0.05) is 0 Å². The quantitative estimate of drug-likeness (QED) is 0.532. The van der Waals surface area contributed by atoms with Crippen LogP contribution in [0.1, 0.15) is 18.1 Å². The van der Waals surface area contributed by atoms with E-state index >= 15 is 0 Å². The summed E-state index contributed by atoms with van der Waals surface area (Å²) in [4.78, 5) is 21.4. The maximum Gasteiger partial charge on any atom is 0.352 e. The van der Waals surface area contributed by atoms with Crippen LogP contribution in [-0.4, -0.2) is 28.1 Å². The molecule has 32 heavy (non-hydrogen) atoms. The molecule has 0 amide bonds. The molecule has 11 heteroatoms. The first kappa shape index (κ1) is 21.6. The van der Waals surface area contributed by atoms with Crippen molar-refractivity contribution in [1.82, 2.24) is 14.5 Å². The zero-order valence-electron chi connectivity index (χ0n) is 17.1. The van der Waals surface area contributed by atoms with Crippen molar-refractivity contribution in [1.29, 1.82) is 0 Å². The molecule has 0 radical (unpaired) electrons. The van der Waals surface area contributed by atoms with Gasteiger partial charge in [-0.25, -0.2) is 22.4 Å². The SMILES string of the molecule is CN1CCn2c1cc(OCc1cc(F)c(Oc3cncc(C(C)(F)F)c3)c(F)c1)nc2=O. The highest BCUT2D eigenvalue weighted by Gasteiger charge is 2.26. The van der Waals surface area contributed by atoms with E-state index in [1.807, 2.05) is 11.9 Å². The monoisotopic (exact) mass is 450 g/mol. The summed E-state index contributed by atoms with van der Waals surface area (Å²) in [7, 11) is 1.82. The van der Waals surface area contributed by atoms with Crippen molar-refractivity contribution in [2.75, 3.05) is 18.5 Å². The minimum atomic E-state index is -3.19. The van der Waals surface area contributed by atoms with Gasteiger partial charge in [-0.15, -0.1) is 0 Å². The second-order valence-electron chi connectivity index (χ2n) is 7.39. The first-order chi connectivity index (χ1) is 15.1. The highest BCUT2D eigenvalue weighted by atomic mass is 19.3. The second-order valence-corrected chi connectivity index (χ2v) is 7.39. The molecule has 0 atom stereocenters. The molecule has 3 heterocycles. The summed E-state index contributed by atoms with van der Waals surface area (Å²) in [6.07, 6.45) is 2.01. The number of alkyl halides is 2. The van der Waals surface area contributed by atoms with Crippen LogP contribution in [0.4, 0.5) is 23.4 Å². The molecule has 4 rings (SSSR count). The zero-order valence-corrected chi connectivity index (χ0v) is 17.1. The predicted molar refractivity (Wildman–Crippen MR) is 106 cm³/mol. The molecule has 3 aromatic rings. The molecule has 168 valence electrons. The summed E-state index contributed by atoms with van der Waals surface area (Å²) in [6.45, 7) is 1.59. The Morgan fingerprint density at radius 1 is 1.09 bits per heavy atom. The molecule has 0 aliphatic carbocycles. The fraction of sp³-hybridized carbons (Fsp3) is 0.286. The Morgan fingerprint density at radius 3 is 2.50 bits per heavy atom. The van der Waals surface area contributed by atoms with Gasteiger partial charge in [0.15, 0.2) is 17.4 Å². The van der Waals surface area contributed by atoms with Crippen molar-refractivity contribution in [3.8, 4) is 17.4 Å². The van der Waals surface area contributed by atoms with Crippen molar-refractivity contribution < 1.29 is 27.0 Å². The molecular weight excluding hydrogens is 432 g/mol. The fourth-order valence-corrected chi connectivity index (χ4v) is 3.22. The molecule has 0 N–H and O–H groups in total. The van der Waals surface area contributed by atoms with Crippen LogP contribution in [-0.2, 0) is 19.1 Å². The molecule has 0 saturated heterocycles. The maximum absolute atomic E-state index is 14.5. The molecule has 0 unspecified atom stereocenters. The van der Waals surface area contributed by atoms with E-state index in [4.69, 9.17) is 9.47 Å². The van der Waals surface area contributed by atoms with Gasteiger partial charge in [0.2, 0.25) is 5.88 Å². The third-order valence-corrected chi connectivity index (χ3v) is 4.90. The summed E-state index contributed by atoms with van der Waals surface area (Å²) < 4.78 is 67.9. The highest BCUT2D eigenvalue weighted by Crippen LogP contribution is 2.33. The van der Waals surface area contributed by atoms with Crippen LogP contribution in [0.2, 0.25) is 0 Å². The van der Waals surface area contributed by atoms with Crippen LogP contribution >= 0.6 is 0 Å². The van der Waals surface area contributed by atoms with Gasteiger partial charge < -0.3 is 14.4 Å². The van der Waals surface area contributed by atoms with Gasteiger partial charge in [0.25, 0.3) is 5.92 Å². The topological polar surface area (TPSA) is 69.5 Å². The van der Waals surface area contributed by atoms with E-state index in [0.717, 1.165) is 30.6 Å². The van der Waals surface area contributed by atoms with E-state index in [-0.39, 0.29) is 23.8 Å². The molecule has 1 aliphatic heterocycles. The minimum Gasteiger partial charge on any atom is -0.473 e. The Morgan fingerprint density at radius 2 is 1.81 bits per heavy atom. The fourth-order valence-electron chi connectivity index (χ4n) is 3.22. The van der Waals surface area contributed by atoms with Crippen molar-refractivity contribution in [3.05, 3.63) is 69.9 Å². The molecule has 7 nitrogen and oxygen atoms in total. The Bertz CT molecular complexity index is 1200. The number of anilines is 1. The molecule has 1 aromatic carbocycles. The molecule has 1 aliphatic rings. The van der Waals surface area contributed by atoms with E-state index in [0.29, 0.717) is 25.8 Å². The smallest absolute Gasteiger partial charge is 0.352 e. The summed E-state index contributed by atoms with van der Waals surface area (Å²) >= 11 is 0. The largest absolute Gasteiger partial charge is 0.473 e. The van der Waals surface area contributed by atoms with Crippen molar-refractivity contribution in [2.24, 2.45) is 0 Å². The van der Waals surface area contributed by atoms with Gasteiger partial charge in [-0.3, -0.25) is 9.55 Å². The first-order valence-electron chi connectivity index (χ1n) is 9.57. The molecule has 0 bridgehead atoms. The van der Waals surface area contributed by atoms with Crippen molar-refractivity contribution in [3.63, 3.8) is 0 Å². The van der Waals surface area contributed by atoms with Crippen LogP contribution in [0, 0.1) is 11.6 Å². The van der Waals surface area contributed by atoms with Crippen LogP contribution in [0.5, 0.6) is 17.4 Å². The lowest BCUT2D eigenvalue weighted by molar-refractivity contribution is 0.0169. The minimum absolute atomic E-state index is 0.0273. The Balaban J connectivity index is 1.51. The molecule has 0 saturated carbocycles. The van der Waals surface area contributed by atoms with E-state index in [9.17, 15) is 22.4 Å². The van der Waals surface area contributed by atoms with E-state index in [2.05, 4.69) is 9.97 Å². The van der Waals surface area contributed by atoms with Gasteiger partial charge in [-0.2, -0.15) is 4.98 Å². The standard InChI is InChI=1S/C21H18F4N4O3/c1-21(24,25)13-7-14(10-26-9-13)32-19-15(22)5-12(6-16(19)23)11-31-17-8-18-28(2)3-4-29(18)20(30)27-17/h5-10H,3-4,11H2,1-2H3. The number of nitrogens with zero attached hydrogens (tertiary/aromatic N) is 4. The summed E-state index contributed by atoms with van der Waals surface area (Å²) in [5, 5.41) is 0. The van der Waals surface area contributed by atoms with Gasteiger partial charge >= 0.3 is 5.69 Å². The zero-order chi connectivity index (χ0) is 23.0. The van der Waals surface area contributed by atoms with E-state index < -0.39 is 34.6 Å². The lowest BCUT2D eigenvalue weighted by Gasteiger charge is -2.14. The van der Waals surface area contributed by atoms with E-state index in [1.54, 1.807) is 6.07 Å². The molecule has 0 fully saturated rings. The Kier molecular flexibility index (Phi) is 5.49. The van der Waals surface area contributed by atoms with Crippen LogP contribution < -0.4 is 20.1 Å². The number of benzene rings is 1. The number of rotatable bonds is 6. The van der Waals surface area contributed by atoms with Gasteiger partial charge in [0, 0.05) is 44.9 Å². The molecule has 0 spiro atoms. The van der Waals surface area contributed by atoms with Crippen LogP contribution in [0.3, 0.4) is 0 Å². The highest BCUT2D eigenvalue weighted by molar-refractivity contribution is 5.44. The number of hydrogen-bond donors (Lipinski definition) is 0. The number of ether oxygens (including phenoxy) is 2. The van der Waals surface area contributed by atoms with Crippen molar-refractivity contribution >= 4 is 5.82 Å². The number of aromatic nitrogens is 3. The second kappa shape index (κ2) is 8.13. The Labute approximate surface area is 179 Å². The first-order valence-corrected chi connectivity index (χ1v) is 9.57. The number of fused-ring (bicyclic) bond motifs is 1. The number of likely N-dealkylation sites (N-methyl/N-ethyl adjacent to an activating group) is 1. The van der Waals surface area contributed by atoms with Crippen LogP contribution in [0.25, 0.3) is 0 Å². The lowest BCUT2D eigenvalue weighted by atomic mass is 10.2. The number of hydrogen-bond acceptors (Lipinski definition) is 6. The average Bonchev–Trinajstić information content (AvgIpc) is 3.10. The predicted octanol–water partition coefficient (Wildman–Crippen LogP) is 3.85. The summed E-state index contributed by atoms with van der Waals surface area (Å²) in [5.74, 6) is -5.64. The lowest BCUT2D eigenvalue weighted by Crippen LogP contribution is -2.22. The average molecular weight is 450 g/mol. The molecular formula is C21H18F4N4O3. The third kappa shape index (κ3) is 4.36. The summed E-state index contributed by atoms with van der Waals surface area (Å²) in [5.41, 5.74) is -0.809. The van der Waals surface area contributed by atoms with E-state index in [1.165, 1.54) is 4.57 Å². The Hall–Kier alpha value is -3.63. The molecule has 2 aromatic heterocycles. The number of halogens is 4. The number of pyridine rings is 1. The third-order valence-electron chi connectivity index (χ3n) is 4.90. The van der Waals surface area contributed by atoms with Crippen LogP contribution in [0.15, 0.2) is 41.5 Å². The normalized spacial score (nSPS) is 13.2.